The average Bonchev–Trinajstić information content (AvgIpc) is 3.33. The van der Waals surface area contributed by atoms with Crippen molar-refractivity contribution in [1.29, 1.82) is 0 Å². The molecule has 0 atom stereocenters. The average molecular weight is 572 g/mol. The molecule has 1 fully saturated rings. The number of aromatic nitrogens is 4. The zero-order valence-corrected chi connectivity index (χ0v) is 22.7. The molecule has 3 N–H and O–H groups in total. The third kappa shape index (κ3) is 5.21. The van der Waals surface area contributed by atoms with E-state index in [4.69, 9.17) is 16.3 Å². The summed E-state index contributed by atoms with van der Waals surface area (Å²) in [6, 6.07) is 10.6. The van der Waals surface area contributed by atoms with Gasteiger partial charge in [-0.05, 0) is 67.1 Å². The van der Waals surface area contributed by atoms with E-state index in [2.05, 4.69) is 82.8 Å². The summed E-state index contributed by atoms with van der Waals surface area (Å²) in [6.07, 6.45) is 5.74. The number of methoxy groups -OCH3 is 1. The second-order valence-corrected chi connectivity index (χ2v) is 10.3. The van der Waals surface area contributed by atoms with Crippen molar-refractivity contribution < 1.29 is 4.74 Å². The van der Waals surface area contributed by atoms with Crippen LogP contribution in [-0.4, -0.2) is 65.4 Å². The molecule has 5 rings (SSSR count). The van der Waals surface area contributed by atoms with Gasteiger partial charge in [-0.25, -0.2) is 4.98 Å². The molecule has 188 valence electrons. The number of ether oxygens (including phenoxy) is 1. The van der Waals surface area contributed by atoms with E-state index < -0.39 is 0 Å². The maximum atomic E-state index is 6.47. The van der Waals surface area contributed by atoms with Crippen LogP contribution in [0.15, 0.2) is 47.2 Å². The number of hydrogen-bond donors (Lipinski definition) is 3. The van der Waals surface area contributed by atoms with Crippen LogP contribution in [0, 0.1) is 0 Å². The van der Waals surface area contributed by atoms with Crippen LogP contribution in [0.4, 0.5) is 28.8 Å². The lowest BCUT2D eigenvalue weighted by Crippen LogP contribution is -2.41. The Bertz CT molecular complexity index is 1370. The summed E-state index contributed by atoms with van der Waals surface area (Å²) in [4.78, 5) is 13.8. The van der Waals surface area contributed by atoms with E-state index in [0.717, 1.165) is 59.6 Å². The van der Waals surface area contributed by atoms with E-state index in [0.29, 0.717) is 27.3 Å². The summed E-state index contributed by atoms with van der Waals surface area (Å²) in [5.41, 5.74) is 3.52. The highest BCUT2D eigenvalue weighted by atomic mass is 79.9. The van der Waals surface area contributed by atoms with E-state index in [9.17, 15) is 0 Å². The Morgan fingerprint density at radius 2 is 1.92 bits per heavy atom. The van der Waals surface area contributed by atoms with Crippen molar-refractivity contribution >= 4 is 67.3 Å². The van der Waals surface area contributed by atoms with E-state index in [-0.39, 0.29) is 0 Å². The maximum Gasteiger partial charge on any atom is 0.229 e. The lowest BCUT2D eigenvalue weighted by Gasteiger charge is -2.36. The molecule has 1 saturated heterocycles. The molecule has 0 spiro atoms. The second kappa shape index (κ2) is 10.5. The zero-order valence-electron chi connectivity index (χ0n) is 20.3. The molecule has 36 heavy (non-hydrogen) atoms. The summed E-state index contributed by atoms with van der Waals surface area (Å²) >= 11 is 9.99. The summed E-state index contributed by atoms with van der Waals surface area (Å²) in [5, 5.41) is 15.1. The Morgan fingerprint density at radius 3 is 2.67 bits per heavy atom. The lowest BCUT2D eigenvalue weighted by atomic mass is 10.0. The van der Waals surface area contributed by atoms with Gasteiger partial charge in [0.25, 0.3) is 0 Å². The largest absolute Gasteiger partial charge is 0.494 e. The predicted octanol–water partition coefficient (Wildman–Crippen LogP) is 5.80. The lowest BCUT2D eigenvalue weighted by molar-refractivity contribution is 0.249. The quantitative estimate of drug-likeness (QED) is 0.256. The van der Waals surface area contributed by atoms with Crippen molar-refractivity contribution in [3.05, 3.63) is 52.2 Å². The fourth-order valence-electron chi connectivity index (χ4n) is 4.44. The van der Waals surface area contributed by atoms with Crippen molar-refractivity contribution in [1.82, 2.24) is 25.1 Å². The first-order valence-corrected chi connectivity index (χ1v) is 12.9. The van der Waals surface area contributed by atoms with Gasteiger partial charge in [0, 0.05) is 42.5 Å². The fourth-order valence-corrected chi connectivity index (χ4v) is 4.95. The molecular weight excluding hydrogens is 544 g/mol. The van der Waals surface area contributed by atoms with Gasteiger partial charge in [0.15, 0.2) is 0 Å². The third-order valence-electron chi connectivity index (χ3n) is 6.52. The Kier molecular flexibility index (Phi) is 7.17. The monoisotopic (exact) mass is 570 g/mol. The van der Waals surface area contributed by atoms with Gasteiger partial charge < -0.3 is 25.2 Å². The molecule has 1 aliphatic rings. The van der Waals surface area contributed by atoms with Gasteiger partial charge in [0.1, 0.15) is 11.6 Å². The smallest absolute Gasteiger partial charge is 0.229 e. The first kappa shape index (κ1) is 24.6. The Balaban J connectivity index is 1.34. The molecule has 1 aliphatic heterocycles. The molecule has 9 nitrogen and oxygen atoms in total. The molecule has 0 saturated carbocycles. The van der Waals surface area contributed by atoms with Crippen LogP contribution in [0.2, 0.25) is 5.02 Å². The first-order chi connectivity index (χ1) is 17.4. The number of rotatable bonds is 7. The molecule has 0 bridgehead atoms. The standard InChI is InChI=1S/C25H28BrClN8O/c1-34(2)16-6-8-35(9-7-16)17-4-5-20(23(11-17)36-3)31-25-28-14-18(26)24(32-25)30-22-10-15-13-29-33-21(15)12-19(22)27/h4-5,10-14,16H,6-9H2,1-3H3,(H,29,33)(H2,28,30,31,32). The minimum atomic E-state index is 0.430. The van der Waals surface area contributed by atoms with Crippen LogP contribution in [0.3, 0.4) is 0 Å². The Morgan fingerprint density at radius 1 is 1.11 bits per heavy atom. The first-order valence-electron chi connectivity index (χ1n) is 11.7. The molecule has 2 aromatic carbocycles. The van der Waals surface area contributed by atoms with Crippen molar-refractivity contribution in [3.8, 4) is 5.75 Å². The summed E-state index contributed by atoms with van der Waals surface area (Å²) in [7, 11) is 5.98. The van der Waals surface area contributed by atoms with Crippen LogP contribution in [0.5, 0.6) is 5.75 Å². The van der Waals surface area contributed by atoms with Gasteiger partial charge in [-0.2, -0.15) is 10.1 Å². The van der Waals surface area contributed by atoms with Crippen LogP contribution < -0.4 is 20.3 Å². The van der Waals surface area contributed by atoms with Gasteiger partial charge in [0.2, 0.25) is 5.95 Å². The van der Waals surface area contributed by atoms with E-state index in [1.54, 1.807) is 19.5 Å². The molecule has 0 unspecified atom stereocenters. The number of piperidine rings is 1. The molecule has 4 aromatic rings. The van der Waals surface area contributed by atoms with Gasteiger partial charge in [-0.3, -0.25) is 5.10 Å². The number of anilines is 5. The molecule has 0 aliphatic carbocycles. The van der Waals surface area contributed by atoms with Crippen molar-refractivity contribution in [2.75, 3.05) is 49.8 Å². The van der Waals surface area contributed by atoms with Gasteiger partial charge >= 0.3 is 0 Å². The van der Waals surface area contributed by atoms with Crippen LogP contribution >= 0.6 is 27.5 Å². The summed E-state index contributed by atoms with van der Waals surface area (Å²) < 4.78 is 6.41. The Hall–Kier alpha value is -3.08. The highest BCUT2D eigenvalue weighted by molar-refractivity contribution is 9.10. The van der Waals surface area contributed by atoms with Crippen molar-refractivity contribution in [3.63, 3.8) is 0 Å². The molecule has 11 heteroatoms. The molecule has 3 heterocycles. The third-order valence-corrected chi connectivity index (χ3v) is 7.41. The molecule has 2 aromatic heterocycles. The van der Waals surface area contributed by atoms with E-state index in [1.165, 1.54) is 0 Å². The maximum absolute atomic E-state index is 6.47. The minimum Gasteiger partial charge on any atom is -0.494 e. The number of halogens is 2. The van der Waals surface area contributed by atoms with E-state index in [1.807, 2.05) is 18.2 Å². The Labute approximate surface area is 223 Å². The number of nitrogens with zero attached hydrogens (tertiary/aromatic N) is 5. The normalized spacial score (nSPS) is 14.4. The van der Waals surface area contributed by atoms with Crippen molar-refractivity contribution in [2.45, 2.75) is 18.9 Å². The molecular formula is C25H28BrClN8O. The van der Waals surface area contributed by atoms with Crippen LogP contribution in [0.25, 0.3) is 10.9 Å². The number of benzene rings is 2. The summed E-state index contributed by atoms with van der Waals surface area (Å²) in [6.45, 7) is 2.05. The number of nitrogens with one attached hydrogen (secondary N) is 3. The number of fused-ring (bicyclic) bond motifs is 1. The van der Waals surface area contributed by atoms with Crippen molar-refractivity contribution in [2.24, 2.45) is 0 Å². The highest BCUT2D eigenvalue weighted by Crippen LogP contribution is 2.35. The van der Waals surface area contributed by atoms with Crippen LogP contribution in [0.1, 0.15) is 12.8 Å². The number of aromatic amines is 1. The second-order valence-electron chi connectivity index (χ2n) is 9.00. The molecule has 0 radical (unpaired) electrons. The zero-order chi connectivity index (χ0) is 25.2. The predicted molar refractivity (Wildman–Crippen MR) is 149 cm³/mol. The van der Waals surface area contributed by atoms with Gasteiger partial charge in [0.05, 0.1) is 39.7 Å². The molecule has 0 amide bonds. The summed E-state index contributed by atoms with van der Waals surface area (Å²) in [5.74, 6) is 1.74. The number of hydrogen-bond acceptors (Lipinski definition) is 8. The topological polar surface area (TPSA) is 94.2 Å². The SMILES string of the molecule is COc1cc(N2CCC(N(C)C)CC2)ccc1Nc1ncc(Br)c(Nc2cc3cn[nH]c3cc2Cl)n1. The number of H-pyrrole nitrogens is 1. The van der Waals surface area contributed by atoms with E-state index >= 15 is 0 Å². The van der Waals surface area contributed by atoms with Gasteiger partial charge in [-0.15, -0.1) is 0 Å². The fraction of sp³-hybridized carbons (Fsp3) is 0.320. The van der Waals surface area contributed by atoms with Crippen LogP contribution in [-0.2, 0) is 0 Å². The minimum absolute atomic E-state index is 0.430. The van der Waals surface area contributed by atoms with Gasteiger partial charge in [-0.1, -0.05) is 11.6 Å². The highest BCUT2D eigenvalue weighted by Gasteiger charge is 2.21.